The Morgan fingerprint density at radius 1 is 1.30 bits per heavy atom. The van der Waals surface area contributed by atoms with Gasteiger partial charge in [-0.1, -0.05) is 28.9 Å². The summed E-state index contributed by atoms with van der Waals surface area (Å²) in [6, 6.07) is 10.7. The first-order valence-electron chi connectivity index (χ1n) is 7.56. The maximum absolute atomic E-state index is 12.1. The standard InChI is InChI=1S/C17H12ClN3O6/c1-25-12-4-2-3-10(7-12)16-19-15(27-20-16)9-26-17(22)13-6-5-11(18)8-14(13)21(23)24/h2-8H,9H2,1H3. The normalized spacial score (nSPS) is 10.4. The predicted molar refractivity (Wildman–Crippen MR) is 93.5 cm³/mol. The number of carbonyl (C=O) groups excluding carboxylic acids is 1. The maximum atomic E-state index is 12.1. The van der Waals surface area contributed by atoms with Crippen LogP contribution in [-0.2, 0) is 11.3 Å². The monoisotopic (exact) mass is 389 g/mol. The third-order valence-corrected chi connectivity index (χ3v) is 3.73. The van der Waals surface area contributed by atoms with Gasteiger partial charge in [0.05, 0.1) is 12.0 Å². The van der Waals surface area contributed by atoms with Crippen LogP contribution >= 0.6 is 11.6 Å². The number of hydrogen-bond donors (Lipinski definition) is 0. The zero-order valence-corrected chi connectivity index (χ0v) is 14.7. The second-order valence-corrected chi connectivity index (χ2v) is 5.67. The molecule has 0 bridgehead atoms. The lowest BCUT2D eigenvalue weighted by Gasteiger charge is -2.03. The summed E-state index contributed by atoms with van der Waals surface area (Å²) < 4.78 is 15.2. The van der Waals surface area contributed by atoms with E-state index in [1.807, 2.05) is 0 Å². The minimum atomic E-state index is -0.903. The lowest BCUT2D eigenvalue weighted by atomic mass is 10.2. The van der Waals surface area contributed by atoms with Crippen LogP contribution in [0.15, 0.2) is 47.0 Å². The van der Waals surface area contributed by atoms with Crippen molar-refractivity contribution in [3.05, 3.63) is 69.1 Å². The van der Waals surface area contributed by atoms with Crippen molar-refractivity contribution in [1.29, 1.82) is 0 Å². The summed E-state index contributed by atoms with van der Waals surface area (Å²) in [7, 11) is 1.54. The molecular weight excluding hydrogens is 378 g/mol. The Hall–Kier alpha value is -3.46. The highest BCUT2D eigenvalue weighted by Crippen LogP contribution is 2.25. The molecule has 3 aromatic rings. The van der Waals surface area contributed by atoms with E-state index in [0.29, 0.717) is 11.3 Å². The van der Waals surface area contributed by atoms with E-state index in [2.05, 4.69) is 10.1 Å². The number of benzene rings is 2. The first-order valence-corrected chi connectivity index (χ1v) is 7.94. The van der Waals surface area contributed by atoms with Gasteiger partial charge in [0.1, 0.15) is 11.3 Å². The number of hydrogen-bond acceptors (Lipinski definition) is 8. The van der Waals surface area contributed by atoms with Gasteiger partial charge in [0, 0.05) is 16.7 Å². The van der Waals surface area contributed by atoms with Gasteiger partial charge in [-0.25, -0.2) is 4.79 Å². The van der Waals surface area contributed by atoms with E-state index in [1.54, 1.807) is 24.3 Å². The molecule has 9 nitrogen and oxygen atoms in total. The van der Waals surface area contributed by atoms with Crippen molar-refractivity contribution in [3.63, 3.8) is 0 Å². The molecule has 0 radical (unpaired) electrons. The Morgan fingerprint density at radius 2 is 2.11 bits per heavy atom. The fourth-order valence-electron chi connectivity index (χ4n) is 2.23. The van der Waals surface area contributed by atoms with E-state index >= 15 is 0 Å². The Bertz CT molecular complexity index is 1000. The smallest absolute Gasteiger partial charge is 0.345 e. The first kappa shape index (κ1) is 18.3. The molecule has 27 heavy (non-hydrogen) atoms. The molecule has 0 unspecified atom stereocenters. The van der Waals surface area contributed by atoms with Crippen LogP contribution in [0, 0.1) is 10.1 Å². The van der Waals surface area contributed by atoms with Gasteiger partial charge < -0.3 is 14.0 Å². The topological polar surface area (TPSA) is 118 Å². The number of aromatic nitrogens is 2. The van der Waals surface area contributed by atoms with Crippen molar-refractivity contribution < 1.29 is 23.7 Å². The molecule has 0 atom stereocenters. The molecule has 0 amide bonds. The number of methoxy groups -OCH3 is 1. The molecular formula is C17H12ClN3O6. The van der Waals surface area contributed by atoms with E-state index in [0.717, 1.165) is 6.07 Å². The second kappa shape index (κ2) is 7.83. The number of rotatable bonds is 6. The molecule has 2 aromatic carbocycles. The number of ether oxygens (including phenoxy) is 2. The van der Waals surface area contributed by atoms with Gasteiger partial charge in [0.25, 0.3) is 11.6 Å². The largest absolute Gasteiger partial charge is 0.497 e. The first-order chi connectivity index (χ1) is 13.0. The fourth-order valence-corrected chi connectivity index (χ4v) is 2.39. The van der Waals surface area contributed by atoms with E-state index in [4.69, 9.17) is 25.6 Å². The average Bonchev–Trinajstić information content (AvgIpc) is 3.15. The third-order valence-electron chi connectivity index (χ3n) is 3.50. The lowest BCUT2D eigenvalue weighted by Crippen LogP contribution is -2.08. The summed E-state index contributed by atoms with van der Waals surface area (Å²) in [6.45, 7) is -0.338. The SMILES string of the molecule is COc1cccc(-c2noc(COC(=O)c3ccc(Cl)cc3[N+](=O)[O-])n2)c1. The summed E-state index contributed by atoms with van der Waals surface area (Å²) in [6.07, 6.45) is 0. The van der Waals surface area contributed by atoms with Crippen LogP contribution in [0.1, 0.15) is 16.2 Å². The highest BCUT2D eigenvalue weighted by molar-refractivity contribution is 6.31. The molecule has 0 saturated heterocycles. The molecule has 0 spiro atoms. The van der Waals surface area contributed by atoms with Gasteiger partial charge in [0.2, 0.25) is 5.82 Å². The molecule has 0 aliphatic carbocycles. The van der Waals surface area contributed by atoms with E-state index in [1.165, 1.54) is 19.2 Å². The van der Waals surface area contributed by atoms with Crippen LogP contribution < -0.4 is 4.74 Å². The van der Waals surface area contributed by atoms with E-state index in [9.17, 15) is 14.9 Å². The van der Waals surface area contributed by atoms with Crippen LogP contribution in [-0.4, -0.2) is 28.1 Å². The number of carbonyl (C=O) groups is 1. The number of esters is 1. The van der Waals surface area contributed by atoms with Crippen molar-refractivity contribution >= 4 is 23.3 Å². The second-order valence-electron chi connectivity index (χ2n) is 5.24. The molecule has 0 aliphatic heterocycles. The van der Waals surface area contributed by atoms with Gasteiger partial charge in [-0.2, -0.15) is 4.98 Å². The Morgan fingerprint density at radius 3 is 2.85 bits per heavy atom. The summed E-state index contributed by atoms with van der Waals surface area (Å²) in [5.41, 5.74) is -0.0175. The zero-order chi connectivity index (χ0) is 19.4. The summed E-state index contributed by atoms with van der Waals surface area (Å²) in [5.74, 6) is 0.0510. The molecule has 1 heterocycles. The quantitative estimate of drug-likeness (QED) is 0.356. The molecule has 3 rings (SSSR count). The lowest BCUT2D eigenvalue weighted by molar-refractivity contribution is -0.385. The van der Waals surface area contributed by atoms with Crippen LogP contribution in [0.4, 0.5) is 5.69 Å². The molecule has 138 valence electrons. The van der Waals surface area contributed by atoms with Gasteiger partial charge in [-0.05, 0) is 24.3 Å². The highest BCUT2D eigenvalue weighted by Gasteiger charge is 2.22. The van der Waals surface area contributed by atoms with Crippen LogP contribution in [0.2, 0.25) is 5.02 Å². The summed E-state index contributed by atoms with van der Waals surface area (Å²) >= 11 is 5.72. The van der Waals surface area contributed by atoms with Gasteiger partial charge in [0.15, 0.2) is 6.61 Å². The molecule has 1 aromatic heterocycles. The van der Waals surface area contributed by atoms with E-state index < -0.39 is 16.6 Å². The molecule has 0 aliphatic rings. The van der Waals surface area contributed by atoms with Crippen molar-refractivity contribution in [1.82, 2.24) is 10.1 Å². The average molecular weight is 390 g/mol. The van der Waals surface area contributed by atoms with E-state index in [-0.39, 0.29) is 28.9 Å². The van der Waals surface area contributed by atoms with Gasteiger partial charge in [-0.3, -0.25) is 10.1 Å². The van der Waals surface area contributed by atoms with Crippen LogP contribution in [0.5, 0.6) is 5.75 Å². The Kier molecular flexibility index (Phi) is 5.32. The minimum Gasteiger partial charge on any atom is -0.497 e. The van der Waals surface area contributed by atoms with Gasteiger partial charge >= 0.3 is 5.97 Å². The highest BCUT2D eigenvalue weighted by atomic mass is 35.5. The maximum Gasteiger partial charge on any atom is 0.345 e. The van der Waals surface area contributed by atoms with Crippen molar-refractivity contribution in [3.8, 4) is 17.1 Å². The van der Waals surface area contributed by atoms with Crippen molar-refractivity contribution in [2.24, 2.45) is 0 Å². The van der Waals surface area contributed by atoms with Crippen molar-refractivity contribution in [2.75, 3.05) is 7.11 Å². The van der Waals surface area contributed by atoms with Crippen LogP contribution in [0.3, 0.4) is 0 Å². The van der Waals surface area contributed by atoms with Gasteiger partial charge in [-0.15, -0.1) is 0 Å². The number of halogens is 1. The Labute approximate surface area is 157 Å². The third kappa shape index (κ3) is 4.21. The zero-order valence-electron chi connectivity index (χ0n) is 13.9. The Balaban J connectivity index is 1.72. The molecule has 10 heteroatoms. The molecule has 0 saturated carbocycles. The fraction of sp³-hybridized carbons (Fsp3) is 0.118. The number of nitro benzene ring substituents is 1. The van der Waals surface area contributed by atoms with Crippen LogP contribution in [0.25, 0.3) is 11.4 Å². The predicted octanol–water partition coefficient (Wildman–Crippen LogP) is 3.66. The minimum absolute atomic E-state index is 0.0396. The molecule has 0 N–H and O–H groups in total. The number of nitrogens with zero attached hydrogens (tertiary/aromatic N) is 3. The summed E-state index contributed by atoms with van der Waals surface area (Å²) in [4.78, 5) is 26.6. The summed E-state index contributed by atoms with van der Waals surface area (Å²) in [5, 5.41) is 15.0. The number of nitro groups is 1. The van der Waals surface area contributed by atoms with Crippen molar-refractivity contribution in [2.45, 2.75) is 6.61 Å². The molecule has 0 fully saturated rings.